The maximum Gasteiger partial charge on any atom is 0.120 e. The van der Waals surface area contributed by atoms with Crippen molar-refractivity contribution < 1.29 is 4.74 Å². The van der Waals surface area contributed by atoms with E-state index >= 15 is 0 Å². The molecule has 1 aromatic carbocycles. The fourth-order valence-electron chi connectivity index (χ4n) is 1.90. The largest absolute Gasteiger partial charge is 0.497 e. The zero-order valence-corrected chi connectivity index (χ0v) is 11.9. The lowest BCUT2D eigenvalue weighted by Gasteiger charge is -2.24. The minimum atomic E-state index is 0.290. The predicted molar refractivity (Wildman–Crippen MR) is 74.0 cm³/mol. The Hall–Kier alpha value is -0.730. The molecule has 0 saturated heterocycles. The Labute approximate surface area is 109 Å². The SMILES string of the molecule is CNCC(C)(C)CCc1ccc(OC)cc1Cl. The number of hydrogen-bond donors (Lipinski definition) is 1. The second-order valence-electron chi connectivity index (χ2n) is 5.15. The summed E-state index contributed by atoms with van der Waals surface area (Å²) in [4.78, 5) is 0. The van der Waals surface area contributed by atoms with E-state index in [-0.39, 0.29) is 5.41 Å². The first kappa shape index (κ1) is 14.3. The van der Waals surface area contributed by atoms with Gasteiger partial charge in [-0.05, 0) is 49.5 Å². The van der Waals surface area contributed by atoms with Gasteiger partial charge in [-0.25, -0.2) is 0 Å². The van der Waals surface area contributed by atoms with Crippen LogP contribution in [0.2, 0.25) is 5.02 Å². The Morgan fingerprint density at radius 3 is 2.59 bits per heavy atom. The number of hydrogen-bond acceptors (Lipinski definition) is 2. The van der Waals surface area contributed by atoms with Crippen LogP contribution in [-0.2, 0) is 6.42 Å². The summed E-state index contributed by atoms with van der Waals surface area (Å²) in [5.74, 6) is 0.813. The zero-order valence-electron chi connectivity index (χ0n) is 11.1. The minimum Gasteiger partial charge on any atom is -0.497 e. The summed E-state index contributed by atoms with van der Waals surface area (Å²) in [6, 6.07) is 5.89. The van der Waals surface area contributed by atoms with Gasteiger partial charge < -0.3 is 10.1 Å². The van der Waals surface area contributed by atoms with E-state index in [0.717, 1.165) is 30.2 Å². The Morgan fingerprint density at radius 2 is 2.06 bits per heavy atom. The van der Waals surface area contributed by atoms with Crippen molar-refractivity contribution in [2.45, 2.75) is 26.7 Å². The third-order valence-corrected chi connectivity index (χ3v) is 3.34. The molecule has 1 aromatic rings. The quantitative estimate of drug-likeness (QED) is 0.840. The van der Waals surface area contributed by atoms with E-state index in [1.54, 1.807) is 7.11 Å². The van der Waals surface area contributed by atoms with Gasteiger partial charge in [-0.2, -0.15) is 0 Å². The predicted octanol–water partition coefficient (Wildman–Crippen LogP) is 3.53. The van der Waals surface area contributed by atoms with Crippen LogP contribution < -0.4 is 10.1 Å². The molecular formula is C14H22ClNO. The standard InChI is InChI=1S/C14H22ClNO/c1-14(2,10-16-3)8-7-11-5-6-12(17-4)9-13(11)15/h5-6,9,16H,7-8,10H2,1-4H3. The number of halogens is 1. The summed E-state index contributed by atoms with van der Waals surface area (Å²) < 4.78 is 5.14. The highest BCUT2D eigenvalue weighted by atomic mass is 35.5. The average Bonchev–Trinajstić information content (AvgIpc) is 2.27. The number of ether oxygens (including phenoxy) is 1. The topological polar surface area (TPSA) is 21.3 Å². The van der Waals surface area contributed by atoms with E-state index in [1.165, 1.54) is 5.56 Å². The van der Waals surface area contributed by atoms with Crippen LogP contribution in [0.5, 0.6) is 5.75 Å². The summed E-state index contributed by atoms with van der Waals surface area (Å²) >= 11 is 6.22. The van der Waals surface area contributed by atoms with Crippen molar-refractivity contribution in [3.05, 3.63) is 28.8 Å². The van der Waals surface area contributed by atoms with Crippen molar-refractivity contribution in [1.29, 1.82) is 0 Å². The molecule has 1 N–H and O–H groups in total. The molecule has 17 heavy (non-hydrogen) atoms. The number of nitrogens with one attached hydrogen (secondary N) is 1. The van der Waals surface area contributed by atoms with Crippen molar-refractivity contribution in [2.75, 3.05) is 20.7 Å². The van der Waals surface area contributed by atoms with Crippen LogP contribution in [0.3, 0.4) is 0 Å². The van der Waals surface area contributed by atoms with Crippen molar-refractivity contribution in [1.82, 2.24) is 5.32 Å². The number of rotatable bonds is 6. The molecule has 0 amide bonds. The molecule has 0 aliphatic heterocycles. The van der Waals surface area contributed by atoms with E-state index in [4.69, 9.17) is 16.3 Å². The van der Waals surface area contributed by atoms with E-state index in [2.05, 4.69) is 25.2 Å². The normalized spacial score (nSPS) is 11.6. The second-order valence-corrected chi connectivity index (χ2v) is 5.56. The molecule has 0 aliphatic rings. The van der Waals surface area contributed by atoms with Crippen molar-refractivity contribution >= 4 is 11.6 Å². The maximum atomic E-state index is 6.22. The van der Waals surface area contributed by atoms with Gasteiger partial charge >= 0.3 is 0 Å². The van der Waals surface area contributed by atoms with Gasteiger partial charge in [0.2, 0.25) is 0 Å². The lowest BCUT2D eigenvalue weighted by molar-refractivity contribution is 0.324. The minimum absolute atomic E-state index is 0.290. The molecule has 0 atom stereocenters. The third kappa shape index (κ3) is 4.57. The molecule has 0 fully saturated rings. The van der Waals surface area contributed by atoms with Crippen LogP contribution in [-0.4, -0.2) is 20.7 Å². The molecule has 0 unspecified atom stereocenters. The van der Waals surface area contributed by atoms with Gasteiger partial charge in [0.15, 0.2) is 0 Å². The number of benzene rings is 1. The first-order valence-corrected chi connectivity index (χ1v) is 6.33. The molecule has 0 spiro atoms. The Morgan fingerprint density at radius 1 is 1.35 bits per heavy atom. The van der Waals surface area contributed by atoms with E-state index < -0.39 is 0 Å². The van der Waals surface area contributed by atoms with Gasteiger partial charge in [0, 0.05) is 5.02 Å². The van der Waals surface area contributed by atoms with Crippen LogP contribution in [0.25, 0.3) is 0 Å². The second kappa shape index (κ2) is 6.27. The monoisotopic (exact) mass is 255 g/mol. The first-order chi connectivity index (χ1) is 7.98. The van der Waals surface area contributed by atoms with E-state index in [9.17, 15) is 0 Å². The molecule has 0 bridgehead atoms. The number of methoxy groups -OCH3 is 1. The summed E-state index contributed by atoms with van der Waals surface area (Å²) in [7, 11) is 3.64. The van der Waals surface area contributed by atoms with Gasteiger partial charge in [0.25, 0.3) is 0 Å². The van der Waals surface area contributed by atoms with Crippen molar-refractivity contribution in [3.63, 3.8) is 0 Å². The summed E-state index contributed by atoms with van der Waals surface area (Å²) in [6.45, 7) is 5.54. The molecule has 0 radical (unpaired) electrons. The van der Waals surface area contributed by atoms with Crippen LogP contribution >= 0.6 is 11.6 Å². The zero-order chi connectivity index (χ0) is 12.9. The third-order valence-electron chi connectivity index (χ3n) is 2.99. The molecule has 1 rings (SSSR count). The van der Waals surface area contributed by atoms with Crippen LogP contribution in [0.15, 0.2) is 18.2 Å². The average molecular weight is 256 g/mol. The summed E-state index contributed by atoms with van der Waals surface area (Å²) in [6.07, 6.45) is 2.11. The summed E-state index contributed by atoms with van der Waals surface area (Å²) in [5.41, 5.74) is 1.48. The fraction of sp³-hybridized carbons (Fsp3) is 0.571. The summed E-state index contributed by atoms with van der Waals surface area (Å²) in [5, 5.41) is 4.02. The Kier molecular flexibility index (Phi) is 5.29. The highest BCUT2D eigenvalue weighted by Crippen LogP contribution is 2.27. The molecule has 0 saturated carbocycles. The lowest BCUT2D eigenvalue weighted by atomic mass is 9.86. The molecular weight excluding hydrogens is 234 g/mol. The van der Waals surface area contributed by atoms with E-state index in [1.807, 2.05) is 19.2 Å². The maximum absolute atomic E-state index is 6.22. The van der Waals surface area contributed by atoms with Crippen LogP contribution in [0.4, 0.5) is 0 Å². The molecule has 2 nitrogen and oxygen atoms in total. The van der Waals surface area contributed by atoms with Gasteiger partial charge in [0.1, 0.15) is 5.75 Å². The van der Waals surface area contributed by atoms with Gasteiger partial charge in [0.05, 0.1) is 7.11 Å². The molecule has 3 heteroatoms. The van der Waals surface area contributed by atoms with Crippen molar-refractivity contribution in [3.8, 4) is 5.75 Å². The van der Waals surface area contributed by atoms with Gasteiger partial charge in [-0.3, -0.25) is 0 Å². The first-order valence-electron chi connectivity index (χ1n) is 5.95. The number of aryl methyl sites for hydroxylation is 1. The molecule has 0 heterocycles. The highest BCUT2D eigenvalue weighted by molar-refractivity contribution is 6.31. The van der Waals surface area contributed by atoms with Crippen molar-refractivity contribution in [2.24, 2.45) is 5.41 Å². The van der Waals surface area contributed by atoms with Gasteiger partial charge in [-0.15, -0.1) is 0 Å². The van der Waals surface area contributed by atoms with E-state index in [0.29, 0.717) is 0 Å². The smallest absolute Gasteiger partial charge is 0.120 e. The van der Waals surface area contributed by atoms with Crippen LogP contribution in [0.1, 0.15) is 25.8 Å². The molecule has 96 valence electrons. The molecule has 0 aromatic heterocycles. The Bertz CT molecular complexity index is 363. The molecule has 0 aliphatic carbocycles. The fourth-order valence-corrected chi connectivity index (χ4v) is 2.16. The Balaban J connectivity index is 2.63. The lowest BCUT2D eigenvalue weighted by Crippen LogP contribution is -2.27. The van der Waals surface area contributed by atoms with Gasteiger partial charge in [-0.1, -0.05) is 31.5 Å². The van der Waals surface area contributed by atoms with Crippen LogP contribution in [0, 0.1) is 5.41 Å². The highest BCUT2D eigenvalue weighted by Gasteiger charge is 2.17.